The second-order valence-corrected chi connectivity index (χ2v) is 6.52. The number of carbonyl (C=O) groups is 3. The molecule has 0 saturated heterocycles. The van der Waals surface area contributed by atoms with E-state index in [-0.39, 0.29) is 18.7 Å². The molecule has 0 radical (unpaired) electrons. The maximum absolute atomic E-state index is 12.0. The maximum atomic E-state index is 12.0. The van der Waals surface area contributed by atoms with Crippen molar-refractivity contribution in [2.75, 3.05) is 17.2 Å². The first-order valence-electron chi connectivity index (χ1n) is 8.41. The predicted octanol–water partition coefficient (Wildman–Crippen LogP) is 3.86. The van der Waals surface area contributed by atoms with Crippen LogP contribution in [-0.2, 0) is 19.1 Å². The Bertz CT molecular complexity index is 834. The molecule has 6 nitrogen and oxygen atoms in total. The minimum Gasteiger partial charge on any atom is -0.456 e. The van der Waals surface area contributed by atoms with E-state index in [9.17, 15) is 14.4 Å². The van der Waals surface area contributed by atoms with Gasteiger partial charge in [-0.05, 0) is 55.3 Å². The Kier molecular flexibility index (Phi) is 7.37. The highest BCUT2D eigenvalue weighted by Gasteiger charge is 2.11. The monoisotopic (exact) mass is 388 g/mol. The number of carbonyl (C=O) groups excluding carboxylic acids is 3. The Morgan fingerprint density at radius 3 is 2.33 bits per heavy atom. The lowest BCUT2D eigenvalue weighted by Gasteiger charge is -2.09. The van der Waals surface area contributed by atoms with Crippen LogP contribution < -0.4 is 10.6 Å². The zero-order valence-electron chi connectivity index (χ0n) is 15.2. The summed E-state index contributed by atoms with van der Waals surface area (Å²) in [6.45, 7) is 3.41. The molecular formula is C20H21ClN2O4. The molecule has 0 aliphatic rings. The quantitative estimate of drug-likeness (QED) is 0.705. The normalized spacial score (nSPS) is 10.2. The molecule has 0 bridgehead atoms. The molecule has 27 heavy (non-hydrogen) atoms. The van der Waals surface area contributed by atoms with E-state index in [4.69, 9.17) is 16.3 Å². The highest BCUT2D eigenvalue weighted by molar-refractivity contribution is 6.30. The summed E-state index contributed by atoms with van der Waals surface area (Å²) in [5.41, 5.74) is 3.24. The summed E-state index contributed by atoms with van der Waals surface area (Å²) >= 11 is 5.76. The summed E-state index contributed by atoms with van der Waals surface area (Å²) in [6.07, 6.45) is -0.129. The molecule has 2 aromatic rings. The molecule has 7 heteroatoms. The Hall–Kier alpha value is -2.86. The van der Waals surface area contributed by atoms with Crippen molar-refractivity contribution >= 4 is 40.8 Å². The van der Waals surface area contributed by atoms with Crippen molar-refractivity contribution in [3.8, 4) is 0 Å². The van der Waals surface area contributed by atoms with Crippen LogP contribution in [0, 0.1) is 13.8 Å². The average molecular weight is 389 g/mol. The second-order valence-electron chi connectivity index (χ2n) is 6.08. The van der Waals surface area contributed by atoms with E-state index < -0.39 is 18.5 Å². The number of esters is 1. The number of amides is 2. The van der Waals surface area contributed by atoms with Gasteiger partial charge in [-0.1, -0.05) is 23.7 Å². The fourth-order valence-corrected chi connectivity index (χ4v) is 2.37. The molecule has 0 aliphatic carbocycles. The molecule has 0 heterocycles. The molecule has 2 aromatic carbocycles. The van der Waals surface area contributed by atoms with Gasteiger partial charge < -0.3 is 15.4 Å². The number of hydrogen-bond donors (Lipinski definition) is 2. The van der Waals surface area contributed by atoms with Crippen molar-refractivity contribution in [2.45, 2.75) is 26.7 Å². The lowest BCUT2D eigenvalue weighted by molar-refractivity contribution is -0.147. The smallest absolute Gasteiger partial charge is 0.306 e. The molecule has 2 N–H and O–H groups in total. The third-order valence-electron chi connectivity index (χ3n) is 3.72. The molecule has 0 aliphatic heterocycles. The van der Waals surface area contributed by atoms with Crippen LogP contribution >= 0.6 is 11.6 Å². The van der Waals surface area contributed by atoms with Crippen molar-refractivity contribution in [3.63, 3.8) is 0 Å². The Balaban J connectivity index is 1.70. The first-order valence-corrected chi connectivity index (χ1v) is 8.79. The van der Waals surface area contributed by atoms with Gasteiger partial charge in [0.05, 0.1) is 6.42 Å². The molecule has 0 aromatic heterocycles. The fourth-order valence-electron chi connectivity index (χ4n) is 2.25. The van der Waals surface area contributed by atoms with E-state index in [1.807, 2.05) is 32.0 Å². The summed E-state index contributed by atoms with van der Waals surface area (Å²) in [5, 5.41) is 5.91. The van der Waals surface area contributed by atoms with Crippen molar-refractivity contribution in [3.05, 3.63) is 58.6 Å². The molecule has 142 valence electrons. The minimum atomic E-state index is -0.614. The van der Waals surface area contributed by atoms with Gasteiger partial charge in [-0.25, -0.2) is 0 Å². The molecule has 0 saturated carbocycles. The van der Waals surface area contributed by atoms with E-state index in [0.29, 0.717) is 10.7 Å². The Morgan fingerprint density at radius 1 is 0.926 bits per heavy atom. The molecule has 0 atom stereocenters. The van der Waals surface area contributed by atoms with Gasteiger partial charge in [0.25, 0.3) is 5.91 Å². The summed E-state index contributed by atoms with van der Waals surface area (Å²) in [7, 11) is 0. The Morgan fingerprint density at radius 2 is 1.63 bits per heavy atom. The van der Waals surface area contributed by atoms with Crippen LogP contribution in [0.3, 0.4) is 0 Å². The van der Waals surface area contributed by atoms with E-state index in [0.717, 1.165) is 16.8 Å². The lowest BCUT2D eigenvalue weighted by atomic mass is 10.1. The number of hydrogen-bond acceptors (Lipinski definition) is 4. The molecular weight excluding hydrogens is 368 g/mol. The second kappa shape index (κ2) is 9.73. The average Bonchev–Trinajstić information content (AvgIpc) is 2.63. The topological polar surface area (TPSA) is 84.5 Å². The van der Waals surface area contributed by atoms with Crippen molar-refractivity contribution in [1.82, 2.24) is 0 Å². The standard InChI is InChI=1S/C20H21ClN2O4/c1-13-3-4-14(2)17(11-13)23-18(24)9-10-20(26)27-12-19(25)22-16-7-5-15(21)6-8-16/h3-8,11H,9-10,12H2,1-2H3,(H,22,25)(H,23,24). The van der Waals surface area contributed by atoms with Crippen LogP contribution in [0.15, 0.2) is 42.5 Å². The van der Waals surface area contributed by atoms with Crippen LogP contribution in [0.25, 0.3) is 0 Å². The minimum absolute atomic E-state index is 0.0228. The maximum Gasteiger partial charge on any atom is 0.306 e. The number of ether oxygens (including phenoxy) is 1. The van der Waals surface area contributed by atoms with E-state index in [1.54, 1.807) is 24.3 Å². The van der Waals surface area contributed by atoms with E-state index >= 15 is 0 Å². The van der Waals surface area contributed by atoms with Crippen molar-refractivity contribution in [1.29, 1.82) is 0 Å². The number of aryl methyl sites for hydroxylation is 2. The van der Waals surface area contributed by atoms with Gasteiger partial charge in [-0.3, -0.25) is 14.4 Å². The third kappa shape index (κ3) is 7.11. The molecule has 0 spiro atoms. The first kappa shape index (κ1) is 20.5. The van der Waals surface area contributed by atoms with Gasteiger partial charge in [0.1, 0.15) is 0 Å². The van der Waals surface area contributed by atoms with Crippen LogP contribution in [0.4, 0.5) is 11.4 Å². The largest absolute Gasteiger partial charge is 0.456 e. The SMILES string of the molecule is Cc1ccc(C)c(NC(=O)CCC(=O)OCC(=O)Nc2ccc(Cl)cc2)c1. The predicted molar refractivity (Wildman–Crippen MR) is 105 cm³/mol. The van der Waals surface area contributed by atoms with Crippen LogP contribution in [0.5, 0.6) is 0 Å². The zero-order valence-corrected chi connectivity index (χ0v) is 15.9. The number of rotatable bonds is 7. The molecule has 0 unspecified atom stereocenters. The molecule has 2 amide bonds. The number of benzene rings is 2. The number of nitrogens with one attached hydrogen (secondary N) is 2. The van der Waals surface area contributed by atoms with E-state index in [1.165, 1.54) is 0 Å². The Labute approximate surface area is 162 Å². The summed E-state index contributed by atoms with van der Waals surface area (Å²) < 4.78 is 4.89. The molecule has 2 rings (SSSR count). The van der Waals surface area contributed by atoms with Crippen LogP contribution in [0.2, 0.25) is 5.02 Å². The van der Waals surface area contributed by atoms with Gasteiger partial charge in [0.15, 0.2) is 6.61 Å². The fraction of sp³-hybridized carbons (Fsp3) is 0.250. The van der Waals surface area contributed by atoms with Gasteiger partial charge in [0.2, 0.25) is 5.91 Å². The van der Waals surface area contributed by atoms with Crippen molar-refractivity contribution in [2.24, 2.45) is 0 Å². The van der Waals surface area contributed by atoms with Crippen molar-refractivity contribution < 1.29 is 19.1 Å². The third-order valence-corrected chi connectivity index (χ3v) is 3.97. The zero-order chi connectivity index (χ0) is 19.8. The van der Waals surface area contributed by atoms with Gasteiger partial charge >= 0.3 is 5.97 Å². The number of halogens is 1. The highest BCUT2D eigenvalue weighted by Crippen LogP contribution is 2.17. The van der Waals surface area contributed by atoms with Gasteiger partial charge in [-0.15, -0.1) is 0 Å². The summed E-state index contributed by atoms with van der Waals surface area (Å²) in [4.78, 5) is 35.5. The number of anilines is 2. The van der Waals surface area contributed by atoms with Gasteiger partial charge in [0, 0.05) is 22.8 Å². The summed E-state index contributed by atoms with van der Waals surface area (Å²) in [5.74, 6) is -1.37. The van der Waals surface area contributed by atoms with Crippen LogP contribution in [0.1, 0.15) is 24.0 Å². The van der Waals surface area contributed by atoms with E-state index in [2.05, 4.69) is 10.6 Å². The highest BCUT2D eigenvalue weighted by atomic mass is 35.5. The lowest BCUT2D eigenvalue weighted by Crippen LogP contribution is -2.21. The van der Waals surface area contributed by atoms with Gasteiger partial charge in [-0.2, -0.15) is 0 Å². The first-order chi connectivity index (χ1) is 12.8. The molecule has 0 fully saturated rings. The summed E-state index contributed by atoms with van der Waals surface area (Å²) in [6, 6.07) is 12.3. The van der Waals surface area contributed by atoms with Crippen LogP contribution in [-0.4, -0.2) is 24.4 Å².